The van der Waals surface area contributed by atoms with E-state index in [0.717, 1.165) is 39.0 Å². The summed E-state index contributed by atoms with van der Waals surface area (Å²) in [7, 11) is 2.14. The Hall–Kier alpha value is -1.55. The molecule has 20 heavy (non-hydrogen) atoms. The van der Waals surface area contributed by atoms with Gasteiger partial charge in [0, 0.05) is 19.6 Å². The maximum atomic E-state index is 5.78. The van der Waals surface area contributed by atoms with Crippen LogP contribution in [0.3, 0.4) is 0 Å². The van der Waals surface area contributed by atoms with E-state index in [4.69, 9.17) is 5.73 Å². The second kappa shape index (κ2) is 10.3. The maximum absolute atomic E-state index is 5.78. The molecule has 0 atom stereocenters. The van der Waals surface area contributed by atoms with Crippen LogP contribution in [-0.2, 0) is 6.54 Å². The van der Waals surface area contributed by atoms with Gasteiger partial charge in [-0.05, 0) is 32.0 Å². The highest BCUT2D eigenvalue weighted by Gasteiger charge is 1.99. The normalized spacial score (nSPS) is 11.8. The van der Waals surface area contributed by atoms with Gasteiger partial charge in [0.05, 0.1) is 0 Å². The highest BCUT2D eigenvalue weighted by molar-refractivity contribution is 5.77. The van der Waals surface area contributed by atoms with Crippen LogP contribution < -0.4 is 11.1 Å². The first kappa shape index (κ1) is 16.5. The molecule has 0 heterocycles. The third-order valence-electron chi connectivity index (χ3n) is 3.11. The molecular formula is C16H28N4. The summed E-state index contributed by atoms with van der Waals surface area (Å²) in [4.78, 5) is 6.64. The van der Waals surface area contributed by atoms with Crippen molar-refractivity contribution in [3.05, 3.63) is 35.9 Å². The van der Waals surface area contributed by atoms with Crippen molar-refractivity contribution in [2.45, 2.75) is 32.7 Å². The topological polar surface area (TPSA) is 53.6 Å². The number of hydrogen-bond acceptors (Lipinski definition) is 2. The van der Waals surface area contributed by atoms with E-state index in [9.17, 15) is 0 Å². The molecule has 0 unspecified atom stereocenters. The van der Waals surface area contributed by atoms with Crippen LogP contribution >= 0.6 is 0 Å². The van der Waals surface area contributed by atoms with Crippen LogP contribution in [0.15, 0.2) is 35.3 Å². The molecule has 0 spiro atoms. The van der Waals surface area contributed by atoms with Crippen LogP contribution in [0, 0.1) is 0 Å². The lowest BCUT2D eigenvalue weighted by Gasteiger charge is -2.16. The molecule has 4 heteroatoms. The van der Waals surface area contributed by atoms with Gasteiger partial charge in [0.1, 0.15) is 0 Å². The van der Waals surface area contributed by atoms with Gasteiger partial charge in [-0.15, -0.1) is 0 Å². The number of hydrogen-bond donors (Lipinski definition) is 2. The van der Waals surface area contributed by atoms with Gasteiger partial charge in [-0.2, -0.15) is 0 Å². The standard InChI is InChI=1S/C16H28N4/c1-3-4-11-18-16(17)19-12-8-13-20(2)14-15-9-6-5-7-10-15/h5-7,9-10H,3-4,8,11-14H2,1-2H3,(H3,17,18,19). The molecule has 0 aliphatic carbocycles. The van der Waals surface area contributed by atoms with E-state index >= 15 is 0 Å². The minimum absolute atomic E-state index is 0.573. The minimum atomic E-state index is 0.573. The van der Waals surface area contributed by atoms with Gasteiger partial charge in [-0.1, -0.05) is 43.7 Å². The monoisotopic (exact) mass is 276 g/mol. The average Bonchev–Trinajstić information content (AvgIpc) is 2.45. The van der Waals surface area contributed by atoms with Gasteiger partial charge in [0.15, 0.2) is 5.96 Å². The number of nitrogens with two attached hydrogens (primary N) is 1. The van der Waals surface area contributed by atoms with Crippen molar-refractivity contribution in [2.24, 2.45) is 10.7 Å². The molecule has 0 aliphatic rings. The first-order valence-corrected chi connectivity index (χ1v) is 7.48. The molecular weight excluding hydrogens is 248 g/mol. The van der Waals surface area contributed by atoms with Crippen LogP contribution in [0.25, 0.3) is 0 Å². The largest absolute Gasteiger partial charge is 0.370 e. The number of guanidine groups is 1. The Labute approximate surface area is 123 Å². The lowest BCUT2D eigenvalue weighted by Crippen LogP contribution is -2.32. The van der Waals surface area contributed by atoms with E-state index in [-0.39, 0.29) is 0 Å². The van der Waals surface area contributed by atoms with Crippen LogP contribution in [0.4, 0.5) is 0 Å². The van der Waals surface area contributed by atoms with Crippen molar-refractivity contribution in [2.75, 3.05) is 26.7 Å². The molecule has 1 aromatic rings. The van der Waals surface area contributed by atoms with Gasteiger partial charge >= 0.3 is 0 Å². The zero-order chi connectivity index (χ0) is 14.6. The SMILES string of the molecule is CCCCNC(N)=NCCCN(C)Cc1ccccc1. The number of unbranched alkanes of at least 4 members (excludes halogenated alkanes) is 1. The molecule has 0 fully saturated rings. The quantitative estimate of drug-likeness (QED) is 0.413. The summed E-state index contributed by atoms with van der Waals surface area (Å²) in [5, 5.41) is 3.13. The van der Waals surface area contributed by atoms with E-state index in [2.05, 4.69) is 53.4 Å². The van der Waals surface area contributed by atoms with E-state index in [0.29, 0.717) is 5.96 Å². The predicted molar refractivity (Wildman–Crippen MR) is 86.8 cm³/mol. The van der Waals surface area contributed by atoms with Crippen LogP contribution in [0.1, 0.15) is 31.7 Å². The molecule has 0 aromatic heterocycles. The summed E-state index contributed by atoms with van der Waals surface area (Å²) in [5.41, 5.74) is 7.13. The average molecular weight is 276 g/mol. The molecule has 0 saturated carbocycles. The minimum Gasteiger partial charge on any atom is -0.370 e. The van der Waals surface area contributed by atoms with E-state index in [1.54, 1.807) is 0 Å². The Bertz CT molecular complexity index is 375. The molecule has 0 amide bonds. The Balaban J connectivity index is 2.12. The van der Waals surface area contributed by atoms with Crippen molar-refractivity contribution in [1.82, 2.24) is 10.2 Å². The number of rotatable bonds is 9. The van der Waals surface area contributed by atoms with Crippen LogP contribution in [0.5, 0.6) is 0 Å². The summed E-state index contributed by atoms with van der Waals surface area (Å²) in [6.07, 6.45) is 3.33. The fraction of sp³-hybridized carbons (Fsp3) is 0.562. The lowest BCUT2D eigenvalue weighted by molar-refractivity contribution is 0.324. The third kappa shape index (κ3) is 7.79. The molecule has 112 valence electrons. The van der Waals surface area contributed by atoms with Gasteiger partial charge in [0.2, 0.25) is 0 Å². The second-order valence-electron chi connectivity index (χ2n) is 5.12. The zero-order valence-corrected chi connectivity index (χ0v) is 12.8. The first-order valence-electron chi connectivity index (χ1n) is 7.48. The summed E-state index contributed by atoms with van der Waals surface area (Å²) < 4.78 is 0. The van der Waals surface area contributed by atoms with Crippen molar-refractivity contribution >= 4 is 5.96 Å². The molecule has 0 saturated heterocycles. The summed E-state index contributed by atoms with van der Waals surface area (Å²) in [5.74, 6) is 0.573. The Morgan fingerprint density at radius 1 is 1.25 bits per heavy atom. The predicted octanol–water partition coefficient (Wildman–Crippen LogP) is 2.21. The highest BCUT2D eigenvalue weighted by Crippen LogP contribution is 2.02. The van der Waals surface area contributed by atoms with Crippen molar-refractivity contribution in [3.8, 4) is 0 Å². The Kier molecular flexibility index (Phi) is 8.47. The third-order valence-corrected chi connectivity index (χ3v) is 3.11. The lowest BCUT2D eigenvalue weighted by atomic mass is 10.2. The van der Waals surface area contributed by atoms with E-state index in [1.165, 1.54) is 12.0 Å². The molecule has 4 nitrogen and oxygen atoms in total. The fourth-order valence-corrected chi connectivity index (χ4v) is 1.96. The second-order valence-corrected chi connectivity index (χ2v) is 5.12. The van der Waals surface area contributed by atoms with Gasteiger partial charge in [0.25, 0.3) is 0 Å². The van der Waals surface area contributed by atoms with Crippen LogP contribution in [-0.4, -0.2) is 37.5 Å². The van der Waals surface area contributed by atoms with E-state index < -0.39 is 0 Å². The van der Waals surface area contributed by atoms with Gasteiger partial charge < -0.3 is 16.0 Å². The molecule has 1 rings (SSSR count). The summed E-state index contributed by atoms with van der Waals surface area (Å²) >= 11 is 0. The van der Waals surface area contributed by atoms with Gasteiger partial charge in [-0.3, -0.25) is 4.99 Å². The zero-order valence-electron chi connectivity index (χ0n) is 12.8. The smallest absolute Gasteiger partial charge is 0.188 e. The van der Waals surface area contributed by atoms with Crippen molar-refractivity contribution < 1.29 is 0 Å². The van der Waals surface area contributed by atoms with Crippen molar-refractivity contribution in [3.63, 3.8) is 0 Å². The molecule has 1 aromatic carbocycles. The van der Waals surface area contributed by atoms with Crippen molar-refractivity contribution in [1.29, 1.82) is 0 Å². The molecule has 0 bridgehead atoms. The number of aliphatic imine (C=N–C) groups is 1. The summed E-state index contributed by atoms with van der Waals surface area (Å²) in [6.45, 7) is 5.87. The number of nitrogens with one attached hydrogen (secondary N) is 1. The number of nitrogens with zero attached hydrogens (tertiary/aromatic N) is 2. The highest BCUT2D eigenvalue weighted by atomic mass is 15.1. The first-order chi connectivity index (χ1) is 9.72. The Morgan fingerprint density at radius 2 is 2.00 bits per heavy atom. The molecule has 0 aliphatic heterocycles. The van der Waals surface area contributed by atoms with E-state index in [1.807, 2.05) is 6.07 Å². The number of benzene rings is 1. The van der Waals surface area contributed by atoms with Crippen LogP contribution in [0.2, 0.25) is 0 Å². The summed E-state index contributed by atoms with van der Waals surface area (Å²) in [6, 6.07) is 10.5. The Morgan fingerprint density at radius 3 is 2.70 bits per heavy atom. The fourth-order valence-electron chi connectivity index (χ4n) is 1.96. The molecule has 3 N–H and O–H groups in total. The molecule has 0 radical (unpaired) electrons. The van der Waals surface area contributed by atoms with Gasteiger partial charge in [-0.25, -0.2) is 0 Å². The maximum Gasteiger partial charge on any atom is 0.188 e.